The van der Waals surface area contributed by atoms with E-state index in [0.29, 0.717) is 23.9 Å². The molecule has 0 fully saturated rings. The average molecular weight is 262 g/mol. The van der Waals surface area contributed by atoms with E-state index >= 15 is 0 Å². The zero-order chi connectivity index (χ0) is 13.8. The van der Waals surface area contributed by atoms with E-state index < -0.39 is 0 Å². The topological polar surface area (TPSA) is 83.8 Å². The van der Waals surface area contributed by atoms with Crippen molar-refractivity contribution in [1.29, 1.82) is 0 Å². The number of H-pyrrole nitrogens is 1. The van der Waals surface area contributed by atoms with Crippen molar-refractivity contribution in [1.82, 2.24) is 20.5 Å². The molecule has 2 aromatic heterocycles. The van der Waals surface area contributed by atoms with Gasteiger partial charge < -0.3 is 9.73 Å². The minimum absolute atomic E-state index is 0.206. The molecule has 0 saturated carbocycles. The van der Waals surface area contributed by atoms with Crippen molar-refractivity contribution >= 4 is 5.91 Å². The van der Waals surface area contributed by atoms with Crippen LogP contribution in [0.25, 0.3) is 0 Å². The lowest BCUT2D eigenvalue weighted by Crippen LogP contribution is -2.25. The zero-order valence-corrected chi connectivity index (χ0v) is 11.4. The molecular weight excluding hydrogens is 244 g/mol. The Bertz CT molecular complexity index is 571. The van der Waals surface area contributed by atoms with Gasteiger partial charge in [-0.05, 0) is 32.3 Å². The largest absolute Gasteiger partial charge is 0.436 e. The van der Waals surface area contributed by atoms with Crippen molar-refractivity contribution in [3.05, 3.63) is 34.8 Å². The third-order valence-corrected chi connectivity index (χ3v) is 2.95. The third kappa shape index (κ3) is 3.21. The predicted molar refractivity (Wildman–Crippen MR) is 70.0 cm³/mol. The summed E-state index contributed by atoms with van der Waals surface area (Å²) < 4.78 is 5.26. The van der Waals surface area contributed by atoms with Gasteiger partial charge in [-0.25, -0.2) is 4.98 Å². The second-order valence-corrected chi connectivity index (χ2v) is 4.53. The van der Waals surface area contributed by atoms with Crippen LogP contribution in [0.2, 0.25) is 0 Å². The first-order valence-corrected chi connectivity index (χ1v) is 6.29. The number of hydrogen-bond donors (Lipinski definition) is 2. The number of hydrogen-bond acceptors (Lipinski definition) is 4. The fourth-order valence-corrected chi connectivity index (χ4v) is 1.93. The number of nitrogens with one attached hydrogen (secondary N) is 2. The van der Waals surface area contributed by atoms with Gasteiger partial charge in [-0.15, -0.1) is 0 Å². The molecule has 102 valence electrons. The summed E-state index contributed by atoms with van der Waals surface area (Å²) >= 11 is 0. The molecule has 2 heterocycles. The van der Waals surface area contributed by atoms with E-state index in [1.165, 1.54) is 5.56 Å². The minimum atomic E-state index is -0.206. The van der Waals surface area contributed by atoms with Gasteiger partial charge in [0.2, 0.25) is 5.76 Å². The second kappa shape index (κ2) is 5.69. The number of aryl methyl sites for hydroxylation is 4. The first kappa shape index (κ1) is 13.3. The summed E-state index contributed by atoms with van der Waals surface area (Å²) in [4.78, 5) is 15.9. The number of amides is 1. The minimum Gasteiger partial charge on any atom is -0.436 e. The fraction of sp³-hybridized carbons (Fsp3) is 0.462. The molecular formula is C13H18N4O2. The van der Waals surface area contributed by atoms with E-state index in [1.807, 2.05) is 13.1 Å². The smallest absolute Gasteiger partial charge is 0.289 e. The lowest BCUT2D eigenvalue weighted by molar-refractivity contribution is 0.0923. The second-order valence-electron chi connectivity index (χ2n) is 4.53. The Labute approximate surface area is 111 Å². The number of oxazole rings is 1. The van der Waals surface area contributed by atoms with Crippen LogP contribution < -0.4 is 5.32 Å². The molecule has 6 nitrogen and oxygen atoms in total. The van der Waals surface area contributed by atoms with Crippen molar-refractivity contribution in [3.8, 4) is 0 Å². The molecule has 0 bridgehead atoms. The van der Waals surface area contributed by atoms with Crippen LogP contribution in [-0.4, -0.2) is 27.6 Å². The Morgan fingerprint density at radius 2 is 2.21 bits per heavy atom. The number of aromatic amines is 1. The highest BCUT2D eigenvalue weighted by molar-refractivity contribution is 5.92. The molecule has 0 radical (unpaired) electrons. The molecule has 0 saturated heterocycles. The van der Waals surface area contributed by atoms with Gasteiger partial charge in [0.25, 0.3) is 5.91 Å². The van der Waals surface area contributed by atoms with Gasteiger partial charge in [-0.3, -0.25) is 9.89 Å². The zero-order valence-electron chi connectivity index (χ0n) is 11.4. The Morgan fingerprint density at radius 1 is 1.42 bits per heavy atom. The Kier molecular flexibility index (Phi) is 3.99. The van der Waals surface area contributed by atoms with Gasteiger partial charge in [0.05, 0.1) is 11.9 Å². The molecule has 19 heavy (non-hydrogen) atoms. The van der Waals surface area contributed by atoms with E-state index in [4.69, 9.17) is 4.42 Å². The highest BCUT2D eigenvalue weighted by Gasteiger charge is 2.14. The fourth-order valence-electron chi connectivity index (χ4n) is 1.93. The van der Waals surface area contributed by atoms with Gasteiger partial charge in [0.1, 0.15) is 0 Å². The van der Waals surface area contributed by atoms with Crippen LogP contribution in [-0.2, 0) is 6.42 Å². The SMILES string of the molecule is Cc1nc(C)c(C(=O)NCCCc2cn[nH]c2C)o1. The third-order valence-electron chi connectivity index (χ3n) is 2.95. The Morgan fingerprint density at radius 3 is 2.79 bits per heavy atom. The highest BCUT2D eigenvalue weighted by atomic mass is 16.4. The molecule has 2 aromatic rings. The van der Waals surface area contributed by atoms with Crippen molar-refractivity contribution in [3.63, 3.8) is 0 Å². The molecule has 2 N–H and O–H groups in total. The van der Waals surface area contributed by atoms with Crippen molar-refractivity contribution in [2.75, 3.05) is 6.54 Å². The lowest BCUT2D eigenvalue weighted by Gasteiger charge is -2.03. The standard InChI is InChI=1S/C13H18N4O2/c1-8-11(7-15-17-8)5-4-6-14-13(18)12-9(2)16-10(3)19-12/h7H,4-6H2,1-3H3,(H,14,18)(H,15,17). The van der Waals surface area contributed by atoms with Gasteiger partial charge in [-0.2, -0.15) is 5.10 Å². The highest BCUT2D eigenvalue weighted by Crippen LogP contribution is 2.09. The van der Waals surface area contributed by atoms with Gasteiger partial charge in [0.15, 0.2) is 5.89 Å². The Balaban J connectivity index is 1.78. The first-order chi connectivity index (χ1) is 9.08. The van der Waals surface area contributed by atoms with E-state index in [-0.39, 0.29) is 5.91 Å². The van der Waals surface area contributed by atoms with Crippen LogP contribution in [0.5, 0.6) is 0 Å². The van der Waals surface area contributed by atoms with Crippen molar-refractivity contribution in [2.24, 2.45) is 0 Å². The van der Waals surface area contributed by atoms with E-state index in [1.54, 1.807) is 13.8 Å². The molecule has 1 amide bonds. The van der Waals surface area contributed by atoms with Crippen LogP contribution in [0.3, 0.4) is 0 Å². The van der Waals surface area contributed by atoms with Crippen molar-refractivity contribution in [2.45, 2.75) is 33.6 Å². The van der Waals surface area contributed by atoms with E-state index in [9.17, 15) is 4.79 Å². The maximum Gasteiger partial charge on any atom is 0.289 e. The molecule has 0 aromatic carbocycles. The number of carbonyl (C=O) groups excluding carboxylic acids is 1. The van der Waals surface area contributed by atoms with Crippen LogP contribution in [0.4, 0.5) is 0 Å². The summed E-state index contributed by atoms with van der Waals surface area (Å²) in [5, 5.41) is 9.69. The molecule has 2 rings (SSSR count). The predicted octanol–water partition coefficient (Wildman–Crippen LogP) is 1.69. The maximum atomic E-state index is 11.8. The van der Waals surface area contributed by atoms with Crippen molar-refractivity contribution < 1.29 is 9.21 Å². The molecule has 0 unspecified atom stereocenters. The van der Waals surface area contributed by atoms with Gasteiger partial charge in [0, 0.05) is 19.2 Å². The van der Waals surface area contributed by atoms with Gasteiger partial charge >= 0.3 is 0 Å². The van der Waals surface area contributed by atoms with Crippen LogP contribution in [0.1, 0.15) is 39.8 Å². The molecule has 0 aliphatic carbocycles. The number of nitrogens with zero attached hydrogens (tertiary/aromatic N) is 2. The summed E-state index contributed by atoms with van der Waals surface area (Å²) in [5.41, 5.74) is 2.88. The molecule has 0 aliphatic rings. The molecule has 0 spiro atoms. The normalized spacial score (nSPS) is 10.7. The summed E-state index contributed by atoms with van der Waals surface area (Å²) in [6.07, 6.45) is 3.57. The first-order valence-electron chi connectivity index (χ1n) is 6.29. The lowest BCUT2D eigenvalue weighted by atomic mass is 10.1. The monoisotopic (exact) mass is 262 g/mol. The Hall–Kier alpha value is -2.11. The maximum absolute atomic E-state index is 11.8. The van der Waals surface area contributed by atoms with Crippen LogP contribution >= 0.6 is 0 Å². The summed E-state index contributed by atoms with van der Waals surface area (Å²) in [6, 6.07) is 0. The number of aromatic nitrogens is 3. The number of carbonyl (C=O) groups is 1. The quantitative estimate of drug-likeness (QED) is 0.803. The van der Waals surface area contributed by atoms with E-state index in [0.717, 1.165) is 18.5 Å². The van der Waals surface area contributed by atoms with Gasteiger partial charge in [-0.1, -0.05) is 0 Å². The molecule has 0 aliphatic heterocycles. The van der Waals surface area contributed by atoms with E-state index in [2.05, 4.69) is 20.5 Å². The summed E-state index contributed by atoms with van der Waals surface area (Å²) in [7, 11) is 0. The molecule has 0 atom stereocenters. The number of rotatable bonds is 5. The molecule has 6 heteroatoms. The summed E-state index contributed by atoms with van der Waals surface area (Å²) in [5.74, 6) is 0.607. The average Bonchev–Trinajstić information content (AvgIpc) is 2.91. The van der Waals surface area contributed by atoms with Crippen LogP contribution in [0.15, 0.2) is 10.6 Å². The summed E-state index contributed by atoms with van der Waals surface area (Å²) in [6.45, 7) is 6.08. The van der Waals surface area contributed by atoms with Crippen LogP contribution in [0, 0.1) is 20.8 Å².